The fraction of sp³-hybridized carbons (Fsp3) is 1.00. The maximum absolute atomic E-state index is 10.8. The lowest BCUT2D eigenvalue weighted by Crippen LogP contribution is -2.34. The molecule has 0 aliphatic rings. The number of nitrogens with zero attached hydrogens (tertiary/aromatic N) is 1. The van der Waals surface area contributed by atoms with Gasteiger partial charge in [0.05, 0.1) is 0 Å². The Balaban J connectivity index is 4.04. The van der Waals surface area contributed by atoms with Crippen LogP contribution in [-0.4, -0.2) is 54.4 Å². The van der Waals surface area contributed by atoms with Crippen LogP contribution < -0.4 is 0 Å². The van der Waals surface area contributed by atoms with Crippen molar-refractivity contribution >= 4 is 33.8 Å². The SMILES string of the molecule is CSCCN(CCSC)S(=O)(=O)O. The molecule has 0 rings (SSSR count). The zero-order valence-corrected chi connectivity index (χ0v) is 10.2. The van der Waals surface area contributed by atoms with Crippen LogP contribution in [-0.2, 0) is 10.3 Å². The molecule has 0 unspecified atom stereocenters. The highest BCUT2D eigenvalue weighted by Crippen LogP contribution is 2.03. The standard InChI is InChI=1S/C6H15NO3S3/c1-11-5-3-7(4-6-12-2)13(8,9)10/h3-6H2,1-2H3,(H,8,9,10). The Morgan fingerprint density at radius 2 is 1.54 bits per heavy atom. The van der Waals surface area contributed by atoms with Gasteiger partial charge in [-0.15, -0.1) is 0 Å². The Labute approximate surface area is 88.3 Å². The molecule has 0 fully saturated rings. The third-order valence-electron chi connectivity index (χ3n) is 1.42. The fourth-order valence-electron chi connectivity index (χ4n) is 0.729. The van der Waals surface area contributed by atoms with E-state index in [4.69, 9.17) is 4.55 Å². The molecule has 0 atom stereocenters. The molecular weight excluding hydrogens is 230 g/mol. The smallest absolute Gasteiger partial charge is 0.273 e. The molecule has 1 N–H and O–H groups in total. The van der Waals surface area contributed by atoms with E-state index in [0.29, 0.717) is 24.6 Å². The second-order valence-corrected chi connectivity index (χ2v) is 5.75. The van der Waals surface area contributed by atoms with Gasteiger partial charge in [-0.2, -0.15) is 36.2 Å². The summed E-state index contributed by atoms with van der Waals surface area (Å²) >= 11 is 3.11. The van der Waals surface area contributed by atoms with Crippen LogP contribution in [0.5, 0.6) is 0 Å². The Bertz CT molecular complexity index is 209. The third kappa shape index (κ3) is 6.62. The monoisotopic (exact) mass is 245 g/mol. The van der Waals surface area contributed by atoms with E-state index in [9.17, 15) is 8.42 Å². The first-order valence-electron chi connectivity index (χ1n) is 3.72. The molecule has 0 radical (unpaired) electrons. The normalized spacial score (nSPS) is 12.3. The average Bonchev–Trinajstić information content (AvgIpc) is 2.02. The first-order valence-corrected chi connectivity index (χ1v) is 7.91. The highest BCUT2D eigenvalue weighted by molar-refractivity contribution is 7.98. The van der Waals surface area contributed by atoms with Gasteiger partial charge in [0.15, 0.2) is 0 Å². The van der Waals surface area contributed by atoms with E-state index >= 15 is 0 Å². The predicted octanol–water partition coefficient (Wildman–Crippen LogP) is 0.817. The maximum atomic E-state index is 10.8. The van der Waals surface area contributed by atoms with Gasteiger partial charge in [-0.3, -0.25) is 4.55 Å². The van der Waals surface area contributed by atoms with Crippen LogP contribution in [0, 0.1) is 0 Å². The summed E-state index contributed by atoms with van der Waals surface area (Å²) in [5, 5.41) is 0. The maximum Gasteiger partial charge on any atom is 0.335 e. The predicted molar refractivity (Wildman–Crippen MR) is 59.9 cm³/mol. The third-order valence-corrected chi connectivity index (χ3v) is 3.62. The summed E-state index contributed by atoms with van der Waals surface area (Å²) in [4.78, 5) is 0. The molecule has 0 amide bonds. The van der Waals surface area contributed by atoms with Crippen molar-refractivity contribution in [3.05, 3.63) is 0 Å². The topological polar surface area (TPSA) is 57.6 Å². The Morgan fingerprint density at radius 1 is 1.15 bits per heavy atom. The van der Waals surface area contributed by atoms with Crippen molar-refractivity contribution < 1.29 is 13.0 Å². The highest BCUT2D eigenvalue weighted by atomic mass is 32.2. The molecule has 0 aromatic heterocycles. The van der Waals surface area contributed by atoms with Gasteiger partial charge in [-0.25, -0.2) is 0 Å². The number of thioether (sulfide) groups is 2. The van der Waals surface area contributed by atoms with E-state index in [1.807, 2.05) is 12.5 Å². The van der Waals surface area contributed by atoms with Crippen molar-refractivity contribution in [2.45, 2.75) is 0 Å². The Morgan fingerprint density at radius 3 is 1.77 bits per heavy atom. The van der Waals surface area contributed by atoms with Crippen LogP contribution >= 0.6 is 23.5 Å². The minimum Gasteiger partial charge on any atom is -0.273 e. The number of hydrogen-bond donors (Lipinski definition) is 1. The van der Waals surface area contributed by atoms with Gasteiger partial charge in [0.1, 0.15) is 0 Å². The van der Waals surface area contributed by atoms with Crippen molar-refractivity contribution in [1.29, 1.82) is 0 Å². The minimum atomic E-state index is -4.00. The Kier molecular flexibility index (Phi) is 7.25. The number of hydrogen-bond acceptors (Lipinski definition) is 4. The summed E-state index contributed by atoms with van der Waals surface area (Å²) < 4.78 is 31.5. The summed E-state index contributed by atoms with van der Waals surface area (Å²) in [5.74, 6) is 1.41. The zero-order valence-electron chi connectivity index (χ0n) is 7.76. The summed E-state index contributed by atoms with van der Waals surface area (Å²) in [6.07, 6.45) is 3.80. The van der Waals surface area contributed by atoms with Gasteiger partial charge in [-0.05, 0) is 12.5 Å². The van der Waals surface area contributed by atoms with Gasteiger partial charge >= 0.3 is 10.3 Å². The lowest BCUT2D eigenvalue weighted by molar-refractivity contribution is 0.374. The first-order chi connectivity index (χ1) is 6.02. The lowest BCUT2D eigenvalue weighted by Gasteiger charge is -2.16. The van der Waals surface area contributed by atoms with Gasteiger partial charge in [0.2, 0.25) is 0 Å². The fourth-order valence-corrected chi connectivity index (χ4v) is 2.41. The van der Waals surface area contributed by atoms with Crippen molar-refractivity contribution in [3.63, 3.8) is 0 Å². The molecule has 0 bridgehead atoms. The average molecular weight is 245 g/mol. The summed E-state index contributed by atoms with van der Waals surface area (Å²) in [7, 11) is -4.00. The molecule has 80 valence electrons. The molecule has 0 saturated carbocycles. The second-order valence-electron chi connectivity index (χ2n) is 2.36. The minimum absolute atomic E-state index is 0.376. The molecule has 4 nitrogen and oxygen atoms in total. The molecule has 0 aromatic carbocycles. The molecule has 0 saturated heterocycles. The van der Waals surface area contributed by atoms with E-state index in [1.165, 1.54) is 0 Å². The van der Waals surface area contributed by atoms with Crippen LogP contribution in [0.15, 0.2) is 0 Å². The van der Waals surface area contributed by atoms with Gasteiger partial charge in [-0.1, -0.05) is 0 Å². The van der Waals surface area contributed by atoms with Gasteiger partial charge in [0, 0.05) is 24.6 Å². The molecule has 13 heavy (non-hydrogen) atoms. The molecule has 0 aliphatic carbocycles. The van der Waals surface area contributed by atoms with Gasteiger partial charge in [0.25, 0.3) is 0 Å². The zero-order chi connectivity index (χ0) is 10.3. The summed E-state index contributed by atoms with van der Waals surface area (Å²) in [5.41, 5.74) is 0. The molecule has 0 aliphatic heterocycles. The van der Waals surface area contributed by atoms with Crippen LogP contribution in [0.25, 0.3) is 0 Å². The van der Waals surface area contributed by atoms with E-state index in [-0.39, 0.29) is 0 Å². The van der Waals surface area contributed by atoms with E-state index in [2.05, 4.69) is 0 Å². The van der Waals surface area contributed by atoms with Crippen molar-refractivity contribution in [2.75, 3.05) is 37.1 Å². The van der Waals surface area contributed by atoms with Crippen LogP contribution in [0.1, 0.15) is 0 Å². The molecule has 0 aromatic rings. The van der Waals surface area contributed by atoms with Crippen molar-refractivity contribution in [2.24, 2.45) is 0 Å². The largest absolute Gasteiger partial charge is 0.335 e. The van der Waals surface area contributed by atoms with Crippen LogP contribution in [0.3, 0.4) is 0 Å². The molecule has 0 spiro atoms. The molecule has 7 heteroatoms. The summed E-state index contributed by atoms with van der Waals surface area (Å²) in [6, 6.07) is 0. The van der Waals surface area contributed by atoms with E-state index in [0.717, 1.165) is 4.31 Å². The van der Waals surface area contributed by atoms with E-state index in [1.54, 1.807) is 23.5 Å². The quantitative estimate of drug-likeness (QED) is 0.673. The van der Waals surface area contributed by atoms with Gasteiger partial charge < -0.3 is 0 Å². The first kappa shape index (κ1) is 13.6. The lowest BCUT2D eigenvalue weighted by atomic mass is 10.6. The highest BCUT2D eigenvalue weighted by Gasteiger charge is 2.16. The van der Waals surface area contributed by atoms with Crippen molar-refractivity contribution in [3.8, 4) is 0 Å². The van der Waals surface area contributed by atoms with Crippen LogP contribution in [0.4, 0.5) is 0 Å². The summed E-state index contributed by atoms with van der Waals surface area (Å²) in [6.45, 7) is 0.751. The number of rotatable bonds is 7. The van der Waals surface area contributed by atoms with E-state index < -0.39 is 10.3 Å². The second kappa shape index (κ2) is 6.94. The van der Waals surface area contributed by atoms with Crippen LogP contribution in [0.2, 0.25) is 0 Å². The molecular formula is C6H15NO3S3. The van der Waals surface area contributed by atoms with Crippen molar-refractivity contribution in [1.82, 2.24) is 4.31 Å². The Hall–Kier alpha value is 0.570. The molecule has 0 heterocycles.